The van der Waals surface area contributed by atoms with Gasteiger partial charge in [-0.2, -0.15) is 10.4 Å². The highest BCUT2D eigenvalue weighted by Gasteiger charge is 2.08. The zero-order valence-corrected chi connectivity index (χ0v) is 13.7. The Hall–Kier alpha value is -2.06. The predicted molar refractivity (Wildman–Crippen MR) is 85.8 cm³/mol. The number of nitrogens with zero attached hydrogens (tertiary/aromatic N) is 3. The van der Waals surface area contributed by atoms with Crippen molar-refractivity contribution < 1.29 is 0 Å². The molecule has 0 bridgehead atoms. The van der Waals surface area contributed by atoms with Crippen molar-refractivity contribution >= 4 is 23.2 Å². The lowest BCUT2D eigenvalue weighted by molar-refractivity contribution is 0.737. The second kappa shape index (κ2) is 7.65. The first kappa shape index (κ1) is 17.0. The maximum atomic E-state index is 8.87. The van der Waals surface area contributed by atoms with Crippen LogP contribution in [0.3, 0.4) is 0 Å². The lowest BCUT2D eigenvalue weighted by Crippen LogP contribution is -1.97. The fourth-order valence-electron chi connectivity index (χ4n) is 1.45. The molecule has 0 unspecified atom stereocenters. The molecule has 2 aromatic rings. The number of H-pyrrole nitrogens is 1. The van der Waals surface area contributed by atoms with E-state index in [-0.39, 0.29) is 5.15 Å². The molecule has 0 aliphatic rings. The Morgan fingerprint density at radius 1 is 1.24 bits per heavy atom. The molecule has 0 spiro atoms. The van der Waals surface area contributed by atoms with Crippen molar-refractivity contribution in [3.8, 4) is 6.07 Å². The molecule has 2 aromatic heterocycles. The summed E-state index contributed by atoms with van der Waals surface area (Å²) >= 11 is 5.90. The van der Waals surface area contributed by atoms with E-state index in [1.54, 1.807) is 6.07 Å². The minimum atomic E-state index is 0.197. The lowest BCUT2D eigenvalue weighted by Gasteiger charge is -2.05. The van der Waals surface area contributed by atoms with Gasteiger partial charge in [-0.1, -0.05) is 32.4 Å². The van der Waals surface area contributed by atoms with E-state index in [4.69, 9.17) is 16.9 Å². The maximum absolute atomic E-state index is 8.87. The first-order valence-electron chi connectivity index (χ1n) is 6.69. The number of nitriles is 1. The highest BCUT2D eigenvalue weighted by Crippen LogP contribution is 2.22. The number of aryl methyl sites for hydroxylation is 2. The summed E-state index contributed by atoms with van der Waals surface area (Å²) in [6.07, 6.45) is 0. The standard InChI is InChI=1S/C11H10ClN5.C4H10/c1-6-3-9(15-11(12)8(6)5-13)14-10-4-7(2)16-17-10;1-4(2)3/h3-4H,1-2H3,(H2,14,15,16,17);4H,1-3H3. The van der Waals surface area contributed by atoms with Crippen LogP contribution in [-0.4, -0.2) is 15.2 Å². The summed E-state index contributed by atoms with van der Waals surface area (Å²) in [7, 11) is 0. The highest BCUT2D eigenvalue weighted by molar-refractivity contribution is 6.30. The van der Waals surface area contributed by atoms with Gasteiger partial charge in [0, 0.05) is 11.8 Å². The van der Waals surface area contributed by atoms with Gasteiger partial charge in [0.25, 0.3) is 0 Å². The highest BCUT2D eigenvalue weighted by atomic mass is 35.5. The minimum Gasteiger partial charge on any atom is -0.323 e. The molecule has 0 saturated heterocycles. The van der Waals surface area contributed by atoms with Gasteiger partial charge >= 0.3 is 0 Å². The summed E-state index contributed by atoms with van der Waals surface area (Å²) in [5, 5.41) is 18.9. The van der Waals surface area contributed by atoms with Crippen LogP contribution in [0.25, 0.3) is 0 Å². The van der Waals surface area contributed by atoms with Gasteiger partial charge in [-0.25, -0.2) is 4.98 Å². The normalized spacial score (nSPS) is 9.81. The van der Waals surface area contributed by atoms with Crippen LogP contribution < -0.4 is 5.32 Å². The molecule has 0 aliphatic heterocycles. The zero-order valence-electron chi connectivity index (χ0n) is 13.0. The van der Waals surface area contributed by atoms with Crippen molar-refractivity contribution in [1.82, 2.24) is 15.2 Å². The van der Waals surface area contributed by atoms with Gasteiger partial charge in [0.1, 0.15) is 17.0 Å². The van der Waals surface area contributed by atoms with Crippen LogP contribution in [-0.2, 0) is 0 Å². The van der Waals surface area contributed by atoms with E-state index in [2.05, 4.69) is 41.3 Å². The van der Waals surface area contributed by atoms with Crippen LogP contribution >= 0.6 is 11.6 Å². The van der Waals surface area contributed by atoms with Gasteiger partial charge < -0.3 is 5.32 Å². The number of pyridine rings is 1. The number of nitrogens with one attached hydrogen (secondary N) is 2. The van der Waals surface area contributed by atoms with Gasteiger partial charge in [0.05, 0.1) is 5.56 Å². The fraction of sp³-hybridized carbons (Fsp3) is 0.400. The SMILES string of the molecule is CC(C)C.Cc1cc(Nc2cc(C)c(C#N)c(Cl)n2)n[nH]1. The Balaban J connectivity index is 0.000000491. The second-order valence-corrected chi connectivity index (χ2v) is 5.75. The summed E-state index contributed by atoms with van der Waals surface area (Å²) in [6.45, 7) is 10.2. The van der Waals surface area contributed by atoms with E-state index in [1.165, 1.54) is 0 Å². The van der Waals surface area contributed by atoms with E-state index >= 15 is 0 Å². The average molecular weight is 306 g/mol. The van der Waals surface area contributed by atoms with Crippen molar-refractivity contribution in [3.63, 3.8) is 0 Å². The molecule has 2 rings (SSSR count). The van der Waals surface area contributed by atoms with Crippen LogP contribution in [0.15, 0.2) is 12.1 Å². The van der Waals surface area contributed by atoms with Gasteiger partial charge in [0.15, 0.2) is 5.82 Å². The molecular weight excluding hydrogens is 286 g/mol. The van der Waals surface area contributed by atoms with Gasteiger partial charge in [-0.15, -0.1) is 0 Å². The predicted octanol–water partition coefficient (Wildman–Crippen LogP) is 4.35. The van der Waals surface area contributed by atoms with Crippen molar-refractivity contribution in [1.29, 1.82) is 5.26 Å². The summed E-state index contributed by atoms with van der Waals surface area (Å²) < 4.78 is 0. The Kier molecular flexibility index (Phi) is 6.19. The van der Waals surface area contributed by atoms with Gasteiger partial charge in [0.2, 0.25) is 0 Å². The molecule has 21 heavy (non-hydrogen) atoms. The maximum Gasteiger partial charge on any atom is 0.153 e. The monoisotopic (exact) mass is 305 g/mol. The number of anilines is 2. The largest absolute Gasteiger partial charge is 0.323 e. The average Bonchev–Trinajstić information content (AvgIpc) is 2.73. The van der Waals surface area contributed by atoms with E-state index in [0.717, 1.165) is 17.2 Å². The van der Waals surface area contributed by atoms with Crippen LogP contribution in [0.4, 0.5) is 11.6 Å². The first-order valence-corrected chi connectivity index (χ1v) is 7.07. The molecule has 0 atom stereocenters. The van der Waals surface area contributed by atoms with Crippen LogP contribution in [0.2, 0.25) is 5.15 Å². The van der Waals surface area contributed by atoms with Crippen molar-refractivity contribution in [2.24, 2.45) is 5.92 Å². The summed E-state index contributed by atoms with van der Waals surface area (Å²) in [5.41, 5.74) is 2.13. The number of aromatic amines is 1. The molecule has 5 nitrogen and oxygen atoms in total. The summed E-state index contributed by atoms with van der Waals surface area (Å²) in [4.78, 5) is 4.09. The molecule has 0 saturated carbocycles. The van der Waals surface area contributed by atoms with Crippen molar-refractivity contribution in [3.05, 3.63) is 34.1 Å². The molecular formula is C15H20ClN5. The number of rotatable bonds is 2. The molecule has 112 valence electrons. The summed E-state index contributed by atoms with van der Waals surface area (Å²) in [6, 6.07) is 5.62. The lowest BCUT2D eigenvalue weighted by atomic mass is 10.2. The first-order chi connectivity index (χ1) is 9.83. The van der Waals surface area contributed by atoms with Crippen LogP contribution in [0, 0.1) is 31.1 Å². The van der Waals surface area contributed by atoms with Crippen LogP contribution in [0.1, 0.15) is 37.6 Å². The van der Waals surface area contributed by atoms with Crippen molar-refractivity contribution in [2.45, 2.75) is 34.6 Å². The molecule has 0 fully saturated rings. The molecule has 2 N–H and O–H groups in total. The Bertz CT molecular complexity index is 614. The second-order valence-electron chi connectivity index (χ2n) is 5.40. The third-order valence-corrected chi connectivity index (χ3v) is 2.52. The molecule has 6 heteroatoms. The van der Waals surface area contributed by atoms with E-state index in [0.29, 0.717) is 17.2 Å². The van der Waals surface area contributed by atoms with E-state index in [1.807, 2.05) is 26.0 Å². The minimum absolute atomic E-state index is 0.197. The molecule has 2 heterocycles. The number of halogens is 1. The quantitative estimate of drug-likeness (QED) is 0.808. The van der Waals surface area contributed by atoms with Crippen LogP contribution in [0.5, 0.6) is 0 Å². The Morgan fingerprint density at radius 3 is 2.29 bits per heavy atom. The Labute approximate surface area is 130 Å². The van der Waals surface area contributed by atoms with E-state index < -0.39 is 0 Å². The summed E-state index contributed by atoms with van der Waals surface area (Å²) in [5.74, 6) is 2.06. The van der Waals surface area contributed by atoms with Gasteiger partial charge in [-0.3, -0.25) is 5.10 Å². The zero-order chi connectivity index (χ0) is 16.0. The fourth-order valence-corrected chi connectivity index (χ4v) is 1.73. The molecule has 0 aromatic carbocycles. The van der Waals surface area contributed by atoms with E-state index in [9.17, 15) is 0 Å². The Morgan fingerprint density at radius 2 is 1.86 bits per heavy atom. The number of hydrogen-bond donors (Lipinski definition) is 2. The number of hydrogen-bond acceptors (Lipinski definition) is 4. The molecule has 0 radical (unpaired) electrons. The molecule has 0 amide bonds. The topological polar surface area (TPSA) is 77.4 Å². The molecule has 0 aliphatic carbocycles. The third-order valence-electron chi connectivity index (χ3n) is 2.25. The smallest absolute Gasteiger partial charge is 0.153 e. The third kappa shape index (κ3) is 5.44. The number of aromatic nitrogens is 3. The van der Waals surface area contributed by atoms with Gasteiger partial charge in [-0.05, 0) is 31.4 Å². The van der Waals surface area contributed by atoms with Crippen molar-refractivity contribution in [2.75, 3.05) is 5.32 Å².